The first-order chi connectivity index (χ1) is 23.8. The first-order valence-corrected chi connectivity index (χ1v) is 19.3. The van der Waals surface area contributed by atoms with E-state index in [0.717, 1.165) is 30.6 Å². The number of nitrogens with two attached hydrogens (primary N) is 3. The Morgan fingerprint density at radius 1 is 0.588 bits per heavy atom. The second-order valence-corrected chi connectivity index (χ2v) is 9.77. The molecule has 0 aliphatic carbocycles. The smallest absolute Gasteiger partial charge is 0.247 e. The third-order valence-electron chi connectivity index (χ3n) is 2.55. The van der Waals surface area contributed by atoms with Gasteiger partial charge in [0.25, 0.3) is 0 Å². The minimum absolute atomic E-state index is 0.259. The van der Waals surface area contributed by atoms with Crippen molar-refractivity contribution < 1.29 is 36.5 Å². The Hall–Kier alpha value is -4.51. The maximum atomic E-state index is 9.92. The summed E-state index contributed by atoms with van der Waals surface area (Å²) in [6, 6.07) is 9.83. The van der Waals surface area contributed by atoms with Crippen LogP contribution in [0.5, 0.6) is 0 Å². The number of nitro groups is 4. The van der Waals surface area contributed by atoms with Crippen molar-refractivity contribution >= 4 is 31.8 Å². The molecule has 0 radical (unpaired) electrons. The lowest BCUT2D eigenvalue weighted by Crippen LogP contribution is -2.07. The van der Waals surface area contributed by atoms with E-state index in [0.29, 0.717) is 10.8 Å². The van der Waals surface area contributed by atoms with Crippen LogP contribution in [0.15, 0.2) is 89.7 Å². The topological polar surface area (TPSA) is 319 Å². The fraction of sp³-hybridized carbons (Fsp3) is 0.448. The standard InChI is InChI=1S/C9H9NO2S.2C3H5NO2.C2H4N2O4S.C2H6N2O2S.5C2H6/c11-10(12)6-7-13-8-9-4-2-1-3-5-9;2*1-2-3-4(5)6;3-9(7,8)2-1-4(5)6;3-1-2-7(4,5)6;5*1-2/h1-7H,8H2;2*2-3H,1H3;1-2H,(H2,3,7,8);1-2H,3H2,(H2,4,5,6);5*1-2H3/b7-6+;2*3-2-;2*2-1-;;;;;. The molecular formula is C29H59N7O12S3. The third-order valence-corrected chi connectivity index (χ3v) is 4.41. The number of hydrogen-bond donors (Lipinski definition) is 3. The van der Waals surface area contributed by atoms with Crippen molar-refractivity contribution in [1.82, 2.24) is 0 Å². The second-order valence-electron chi connectivity index (χ2n) is 5.98. The minimum atomic E-state index is -3.84. The van der Waals surface area contributed by atoms with Gasteiger partial charge in [0, 0.05) is 17.4 Å². The van der Waals surface area contributed by atoms with Crippen LogP contribution in [0.2, 0.25) is 0 Å². The molecule has 1 aromatic rings. The lowest BCUT2D eigenvalue weighted by molar-refractivity contribution is -0.402. The van der Waals surface area contributed by atoms with Crippen LogP contribution in [0.4, 0.5) is 0 Å². The summed E-state index contributed by atoms with van der Waals surface area (Å²) in [5.74, 6) is 0.769. The van der Waals surface area contributed by atoms with Gasteiger partial charge in [0.2, 0.25) is 44.8 Å². The van der Waals surface area contributed by atoms with Crippen molar-refractivity contribution in [3.05, 3.63) is 136 Å². The monoisotopic (exact) mass is 793 g/mol. The van der Waals surface area contributed by atoms with Gasteiger partial charge < -0.3 is 5.73 Å². The Labute approximate surface area is 308 Å². The highest BCUT2D eigenvalue weighted by Gasteiger charge is 1.96. The maximum absolute atomic E-state index is 9.92. The zero-order valence-corrected chi connectivity index (χ0v) is 34.0. The lowest BCUT2D eigenvalue weighted by atomic mass is 10.2. The van der Waals surface area contributed by atoms with Crippen molar-refractivity contribution in [1.29, 1.82) is 0 Å². The highest BCUT2D eigenvalue weighted by molar-refractivity contribution is 8.01. The molecule has 0 aliphatic rings. The molecule has 22 heteroatoms. The number of thioether (sulfide) groups is 1. The zero-order chi connectivity index (χ0) is 42.9. The molecule has 19 nitrogen and oxygen atoms in total. The first-order valence-electron chi connectivity index (χ1n) is 15.0. The van der Waals surface area contributed by atoms with Gasteiger partial charge in [-0.3, -0.25) is 40.5 Å². The number of primary sulfonamides is 2. The van der Waals surface area contributed by atoms with Crippen molar-refractivity contribution in [2.75, 3.05) is 0 Å². The molecule has 0 fully saturated rings. The van der Waals surface area contributed by atoms with Crippen molar-refractivity contribution in [3.8, 4) is 0 Å². The van der Waals surface area contributed by atoms with E-state index in [2.05, 4.69) is 16.0 Å². The molecule has 300 valence electrons. The highest BCUT2D eigenvalue weighted by Crippen LogP contribution is 2.12. The first kappa shape index (κ1) is 68.4. The summed E-state index contributed by atoms with van der Waals surface area (Å²) < 4.78 is 39.5. The van der Waals surface area contributed by atoms with Gasteiger partial charge in [-0.2, -0.15) is 0 Å². The molecule has 0 aromatic heterocycles. The highest BCUT2D eigenvalue weighted by atomic mass is 32.2. The fourth-order valence-corrected chi connectivity index (χ4v) is 2.45. The molecule has 0 unspecified atom stereocenters. The molecule has 0 saturated heterocycles. The van der Waals surface area contributed by atoms with Gasteiger partial charge in [0.05, 0.1) is 25.1 Å². The number of hydrogen-bond acceptors (Lipinski definition) is 14. The average molecular weight is 794 g/mol. The van der Waals surface area contributed by atoms with Gasteiger partial charge in [0.15, 0.2) is 0 Å². The molecule has 51 heavy (non-hydrogen) atoms. The van der Waals surface area contributed by atoms with Crippen molar-refractivity contribution in [2.45, 2.75) is 88.8 Å². The predicted molar refractivity (Wildman–Crippen MR) is 210 cm³/mol. The molecule has 0 atom stereocenters. The van der Waals surface area contributed by atoms with Gasteiger partial charge in [0.1, 0.15) is 5.41 Å². The molecule has 0 heterocycles. The minimum Gasteiger partial charge on any atom is -0.404 e. The maximum Gasteiger partial charge on any atom is 0.247 e. The fourth-order valence-electron chi connectivity index (χ4n) is 1.30. The van der Waals surface area contributed by atoms with Crippen LogP contribution in [0.1, 0.15) is 88.6 Å². The van der Waals surface area contributed by atoms with Crippen molar-refractivity contribution in [2.24, 2.45) is 16.0 Å². The Bertz CT molecular complexity index is 1270. The van der Waals surface area contributed by atoms with E-state index in [9.17, 15) is 57.3 Å². The van der Waals surface area contributed by atoms with Gasteiger partial charge in [-0.05, 0) is 31.6 Å². The van der Waals surface area contributed by atoms with E-state index in [1.807, 2.05) is 99.6 Å². The number of nitrogens with zero attached hydrogens (tertiary/aromatic N) is 4. The van der Waals surface area contributed by atoms with E-state index in [1.54, 1.807) is 13.8 Å². The normalized spacial score (nSPS) is 9.37. The molecule has 0 aliphatic heterocycles. The molecule has 1 aromatic carbocycles. The van der Waals surface area contributed by atoms with Crippen LogP contribution in [-0.2, 0) is 25.8 Å². The summed E-state index contributed by atoms with van der Waals surface area (Å²) in [4.78, 5) is 35.6. The van der Waals surface area contributed by atoms with Gasteiger partial charge >= 0.3 is 0 Å². The second kappa shape index (κ2) is 57.7. The van der Waals surface area contributed by atoms with Crippen LogP contribution in [0.3, 0.4) is 0 Å². The van der Waals surface area contributed by atoms with Gasteiger partial charge in [-0.25, -0.2) is 27.1 Å². The van der Waals surface area contributed by atoms with E-state index in [4.69, 9.17) is 0 Å². The summed E-state index contributed by atoms with van der Waals surface area (Å²) in [6.45, 7) is 23.2. The predicted octanol–water partition coefficient (Wildman–Crippen LogP) is 7.12. The van der Waals surface area contributed by atoms with E-state index < -0.39 is 39.7 Å². The number of rotatable bonds is 9. The third kappa shape index (κ3) is 123. The van der Waals surface area contributed by atoms with Gasteiger partial charge in [-0.15, -0.1) is 11.8 Å². The van der Waals surface area contributed by atoms with Crippen molar-refractivity contribution in [3.63, 3.8) is 0 Å². The molecule has 0 saturated carbocycles. The molecule has 0 bridgehead atoms. The largest absolute Gasteiger partial charge is 0.404 e. The summed E-state index contributed by atoms with van der Waals surface area (Å²) in [7, 11) is -7.32. The summed E-state index contributed by atoms with van der Waals surface area (Å²) >= 11 is 1.41. The quantitative estimate of drug-likeness (QED) is 0.166. The van der Waals surface area contributed by atoms with E-state index in [-0.39, 0.29) is 6.20 Å². The summed E-state index contributed by atoms with van der Waals surface area (Å²) in [6.07, 6.45) is 6.61. The van der Waals surface area contributed by atoms with E-state index in [1.165, 1.54) is 34.9 Å². The zero-order valence-electron chi connectivity index (χ0n) is 31.5. The van der Waals surface area contributed by atoms with Crippen LogP contribution in [-0.4, -0.2) is 36.5 Å². The Morgan fingerprint density at radius 2 is 0.902 bits per heavy atom. The molecule has 0 spiro atoms. The SMILES string of the molecule is C/C=C\[N+](=O)[O-].C/C=C\[N+](=O)[O-].CC.CC.CC.CC.CC.N/C=C\S(N)(=O)=O.NS(=O)(=O)/C=C\[N+](=O)[O-].O=[N+]([O-])/C=C/SCc1ccccc1. The van der Waals surface area contributed by atoms with Crippen LogP contribution in [0.25, 0.3) is 0 Å². The van der Waals surface area contributed by atoms with Crippen LogP contribution < -0.4 is 16.0 Å². The summed E-state index contributed by atoms with van der Waals surface area (Å²) in [5.41, 5.74) is 5.84. The van der Waals surface area contributed by atoms with E-state index >= 15 is 0 Å². The Morgan fingerprint density at radius 3 is 1.08 bits per heavy atom. The lowest BCUT2D eigenvalue weighted by Gasteiger charge is -1.94. The number of allylic oxidation sites excluding steroid dienone is 2. The molecule has 6 N–H and O–H groups in total. The van der Waals surface area contributed by atoms with Crippen LogP contribution >= 0.6 is 11.8 Å². The Kier molecular flexibility index (Phi) is 77.5. The van der Waals surface area contributed by atoms with Crippen LogP contribution in [0, 0.1) is 40.5 Å². The number of sulfonamides is 2. The molecule has 1 rings (SSSR count). The van der Waals surface area contributed by atoms with Gasteiger partial charge in [-0.1, -0.05) is 99.6 Å². The summed E-state index contributed by atoms with van der Waals surface area (Å²) in [5, 5.41) is 49.3. The molecular weight excluding hydrogens is 735 g/mol. The average Bonchev–Trinajstić information content (AvgIpc) is 3.07. The number of benzene rings is 1. The Balaban J connectivity index is -0.0000000596. The molecule has 0 amide bonds.